The molecular formula is C28H40N4O6. The van der Waals surface area contributed by atoms with Crippen LogP contribution >= 0.6 is 0 Å². The summed E-state index contributed by atoms with van der Waals surface area (Å²) < 4.78 is 36.1. The number of nitrogens with zero attached hydrogens (tertiary/aromatic N) is 4. The SMILES string of the molecule is CN1CCN(C)c2cc3c(cc21)OCCOCCOc1cc2c(cc1OCCOCCO3)N(C)CCN2C. The summed E-state index contributed by atoms with van der Waals surface area (Å²) in [6.45, 7) is 7.26. The zero-order valence-electron chi connectivity index (χ0n) is 23.0. The smallest absolute Gasteiger partial charge is 0.163 e. The Balaban J connectivity index is 1.27. The van der Waals surface area contributed by atoms with Gasteiger partial charge in [0.05, 0.1) is 49.2 Å². The highest BCUT2D eigenvalue weighted by atomic mass is 16.6. The Labute approximate surface area is 225 Å². The molecule has 3 heterocycles. The van der Waals surface area contributed by atoms with Gasteiger partial charge in [0.25, 0.3) is 0 Å². The number of ether oxygens (including phenoxy) is 6. The second-order valence-corrected chi connectivity index (χ2v) is 9.88. The van der Waals surface area contributed by atoms with Gasteiger partial charge in [0.15, 0.2) is 23.0 Å². The van der Waals surface area contributed by atoms with Crippen LogP contribution in [0.5, 0.6) is 23.0 Å². The number of likely N-dealkylation sites (N-methyl/N-ethyl adjacent to an activating group) is 4. The van der Waals surface area contributed by atoms with Gasteiger partial charge in [0.2, 0.25) is 0 Å². The van der Waals surface area contributed by atoms with Crippen LogP contribution in [0.15, 0.2) is 24.3 Å². The molecule has 5 rings (SSSR count). The maximum absolute atomic E-state index is 6.12. The van der Waals surface area contributed by atoms with Crippen LogP contribution in [0.1, 0.15) is 0 Å². The van der Waals surface area contributed by atoms with E-state index in [0.717, 1.165) is 48.9 Å². The summed E-state index contributed by atoms with van der Waals surface area (Å²) in [5, 5.41) is 0. The molecule has 0 N–H and O–H groups in total. The lowest BCUT2D eigenvalue weighted by molar-refractivity contribution is 0.0640. The van der Waals surface area contributed by atoms with Gasteiger partial charge in [0.1, 0.15) is 26.4 Å². The summed E-state index contributed by atoms with van der Waals surface area (Å²) >= 11 is 0. The third kappa shape index (κ3) is 5.91. The maximum Gasteiger partial charge on any atom is 0.163 e. The molecule has 2 aromatic rings. The van der Waals surface area contributed by atoms with Crippen LogP contribution in [0.4, 0.5) is 22.7 Å². The molecule has 0 aliphatic carbocycles. The van der Waals surface area contributed by atoms with Crippen LogP contribution < -0.4 is 38.5 Å². The minimum atomic E-state index is 0.412. The molecule has 0 unspecified atom stereocenters. The molecular weight excluding hydrogens is 488 g/mol. The van der Waals surface area contributed by atoms with Crippen molar-refractivity contribution >= 4 is 22.7 Å². The first-order chi connectivity index (χ1) is 18.5. The van der Waals surface area contributed by atoms with Gasteiger partial charge in [-0.2, -0.15) is 0 Å². The Bertz CT molecular complexity index is 932. The monoisotopic (exact) mass is 528 g/mol. The Kier molecular flexibility index (Phi) is 8.38. The van der Waals surface area contributed by atoms with Gasteiger partial charge in [-0.05, 0) is 0 Å². The molecule has 2 aromatic carbocycles. The van der Waals surface area contributed by atoms with E-state index >= 15 is 0 Å². The van der Waals surface area contributed by atoms with Crippen LogP contribution in [-0.4, -0.2) is 107 Å². The zero-order valence-corrected chi connectivity index (χ0v) is 23.0. The highest BCUT2D eigenvalue weighted by Crippen LogP contribution is 2.42. The molecule has 0 saturated carbocycles. The molecule has 10 heteroatoms. The molecule has 0 radical (unpaired) electrons. The molecule has 208 valence electrons. The van der Waals surface area contributed by atoms with E-state index in [1.165, 1.54) is 0 Å². The minimum Gasteiger partial charge on any atom is -0.487 e. The van der Waals surface area contributed by atoms with Crippen molar-refractivity contribution in [2.45, 2.75) is 0 Å². The first kappa shape index (κ1) is 26.4. The van der Waals surface area contributed by atoms with E-state index in [-0.39, 0.29) is 0 Å². The van der Waals surface area contributed by atoms with Crippen molar-refractivity contribution in [3.63, 3.8) is 0 Å². The predicted molar refractivity (Wildman–Crippen MR) is 150 cm³/mol. The van der Waals surface area contributed by atoms with Crippen LogP contribution in [0.3, 0.4) is 0 Å². The van der Waals surface area contributed by atoms with Gasteiger partial charge in [-0.15, -0.1) is 0 Å². The van der Waals surface area contributed by atoms with E-state index in [1.54, 1.807) is 0 Å². The van der Waals surface area contributed by atoms with E-state index in [0.29, 0.717) is 75.9 Å². The average Bonchev–Trinajstić information content (AvgIpc) is 2.91. The summed E-state index contributed by atoms with van der Waals surface area (Å²) in [6.07, 6.45) is 0. The molecule has 0 spiro atoms. The fourth-order valence-corrected chi connectivity index (χ4v) is 4.88. The Hall–Kier alpha value is -3.24. The topological polar surface area (TPSA) is 68.3 Å². The van der Waals surface area contributed by atoms with E-state index in [4.69, 9.17) is 28.4 Å². The lowest BCUT2D eigenvalue weighted by Crippen LogP contribution is -2.36. The number of hydrogen-bond donors (Lipinski definition) is 0. The van der Waals surface area contributed by atoms with Crippen molar-refractivity contribution in [3.8, 4) is 23.0 Å². The summed E-state index contributed by atoms with van der Waals surface area (Å²) in [4.78, 5) is 8.97. The highest BCUT2D eigenvalue weighted by Gasteiger charge is 2.23. The number of rotatable bonds is 0. The van der Waals surface area contributed by atoms with Crippen LogP contribution in [-0.2, 0) is 9.47 Å². The highest BCUT2D eigenvalue weighted by molar-refractivity contribution is 5.78. The lowest BCUT2D eigenvalue weighted by atomic mass is 10.1. The van der Waals surface area contributed by atoms with E-state index in [2.05, 4.69) is 72.1 Å². The lowest BCUT2D eigenvalue weighted by Gasteiger charge is -2.35. The first-order valence-electron chi connectivity index (χ1n) is 13.4. The maximum atomic E-state index is 6.12. The summed E-state index contributed by atoms with van der Waals surface area (Å²) in [7, 11) is 8.40. The second kappa shape index (κ2) is 12.1. The van der Waals surface area contributed by atoms with Crippen molar-refractivity contribution < 1.29 is 28.4 Å². The van der Waals surface area contributed by atoms with Gasteiger partial charge in [-0.1, -0.05) is 0 Å². The van der Waals surface area contributed by atoms with Crippen molar-refractivity contribution in [2.24, 2.45) is 0 Å². The quantitative estimate of drug-likeness (QED) is 0.510. The molecule has 0 saturated heterocycles. The molecule has 0 fully saturated rings. The third-order valence-corrected chi connectivity index (χ3v) is 7.21. The summed E-state index contributed by atoms with van der Waals surface area (Å²) in [6, 6.07) is 8.23. The van der Waals surface area contributed by atoms with Crippen LogP contribution in [0.2, 0.25) is 0 Å². The van der Waals surface area contributed by atoms with Crippen molar-refractivity contribution in [1.82, 2.24) is 0 Å². The number of benzene rings is 2. The predicted octanol–water partition coefficient (Wildman–Crippen LogP) is 2.72. The molecule has 38 heavy (non-hydrogen) atoms. The Morgan fingerprint density at radius 2 is 0.632 bits per heavy atom. The van der Waals surface area contributed by atoms with E-state index < -0.39 is 0 Å². The van der Waals surface area contributed by atoms with Gasteiger partial charge in [0, 0.05) is 78.6 Å². The van der Waals surface area contributed by atoms with Crippen molar-refractivity contribution in [2.75, 3.05) is 127 Å². The molecule has 3 aliphatic rings. The van der Waals surface area contributed by atoms with Crippen LogP contribution in [0, 0.1) is 0 Å². The fourth-order valence-electron chi connectivity index (χ4n) is 4.88. The van der Waals surface area contributed by atoms with Gasteiger partial charge < -0.3 is 48.0 Å². The number of hydrogen-bond acceptors (Lipinski definition) is 10. The zero-order chi connectivity index (χ0) is 26.5. The fraction of sp³-hybridized carbons (Fsp3) is 0.571. The normalized spacial score (nSPS) is 19.3. The summed E-state index contributed by atoms with van der Waals surface area (Å²) in [5.74, 6) is 2.84. The molecule has 3 aliphatic heterocycles. The van der Waals surface area contributed by atoms with Gasteiger partial charge in [-0.25, -0.2) is 0 Å². The second-order valence-electron chi connectivity index (χ2n) is 9.88. The van der Waals surface area contributed by atoms with Crippen molar-refractivity contribution in [1.29, 1.82) is 0 Å². The molecule has 0 atom stereocenters. The standard InChI is InChI=1S/C28H40N4O6/c1-29-5-6-30(2)22-18-26-25(17-21(22)29)35-13-9-33-11-15-37-27-19-23-24(32(4)8-7-31(23)3)20-28(27)38-16-12-34-10-14-36-26/h17-20H,5-16H2,1-4H3. The molecule has 0 aromatic heterocycles. The van der Waals surface area contributed by atoms with Gasteiger partial charge >= 0.3 is 0 Å². The number of anilines is 4. The van der Waals surface area contributed by atoms with E-state index in [1.807, 2.05) is 0 Å². The molecule has 0 bridgehead atoms. The molecule has 10 nitrogen and oxygen atoms in total. The average molecular weight is 529 g/mol. The number of fused-ring (bicyclic) bond motifs is 4. The largest absolute Gasteiger partial charge is 0.487 e. The Morgan fingerprint density at radius 3 is 0.868 bits per heavy atom. The third-order valence-electron chi connectivity index (χ3n) is 7.21. The van der Waals surface area contributed by atoms with E-state index in [9.17, 15) is 0 Å². The minimum absolute atomic E-state index is 0.412. The first-order valence-corrected chi connectivity index (χ1v) is 13.4. The molecule has 0 amide bonds. The summed E-state index contributed by atoms with van der Waals surface area (Å²) in [5.41, 5.74) is 4.51. The van der Waals surface area contributed by atoms with Crippen molar-refractivity contribution in [3.05, 3.63) is 24.3 Å². The Morgan fingerprint density at radius 1 is 0.395 bits per heavy atom. The van der Waals surface area contributed by atoms with Gasteiger partial charge in [-0.3, -0.25) is 0 Å². The van der Waals surface area contributed by atoms with Crippen LogP contribution in [0.25, 0.3) is 0 Å².